The Labute approximate surface area is 123 Å². The number of nitrogens with one attached hydrogen (secondary N) is 2. The van der Waals surface area contributed by atoms with Gasteiger partial charge in [-0.15, -0.1) is 11.8 Å². The molecule has 1 aromatic rings. The average molecular weight is 296 g/mol. The Morgan fingerprint density at radius 3 is 3.05 bits per heavy atom. The van der Waals surface area contributed by atoms with Crippen LogP contribution in [0.2, 0.25) is 0 Å². The summed E-state index contributed by atoms with van der Waals surface area (Å²) in [7, 11) is 0. The molecule has 1 aliphatic rings. The molecule has 0 fully saturated rings. The summed E-state index contributed by atoms with van der Waals surface area (Å²) in [6, 6.07) is 5.22. The van der Waals surface area contributed by atoms with Gasteiger partial charge in [0.05, 0.1) is 6.54 Å². The highest BCUT2D eigenvalue weighted by molar-refractivity contribution is 7.99. The van der Waals surface area contributed by atoms with Gasteiger partial charge in [-0.2, -0.15) is 0 Å². The van der Waals surface area contributed by atoms with Gasteiger partial charge in [0, 0.05) is 17.5 Å². The molecule has 1 unspecified atom stereocenters. The molecule has 0 aromatic heterocycles. The Morgan fingerprint density at radius 1 is 1.50 bits per heavy atom. The second-order valence-corrected chi connectivity index (χ2v) is 6.53. The Bertz CT molecular complexity index is 479. The first kappa shape index (κ1) is 15.3. The lowest BCUT2D eigenvalue weighted by Crippen LogP contribution is -2.38. The van der Waals surface area contributed by atoms with Crippen molar-refractivity contribution in [2.75, 3.05) is 18.8 Å². The zero-order chi connectivity index (χ0) is 14.5. The van der Waals surface area contributed by atoms with Crippen LogP contribution in [0.5, 0.6) is 0 Å². The van der Waals surface area contributed by atoms with Gasteiger partial charge in [-0.3, -0.25) is 4.79 Å². The molecule has 5 heteroatoms. The van der Waals surface area contributed by atoms with Crippen LogP contribution >= 0.6 is 11.8 Å². The molecule has 1 amide bonds. The van der Waals surface area contributed by atoms with E-state index in [1.54, 1.807) is 17.8 Å². The number of carbonyl (C=O) groups is 1. The smallest absolute Gasteiger partial charge is 0.233 e. The Hall–Kier alpha value is -1.07. The number of hydrogen-bond donors (Lipinski definition) is 2. The van der Waals surface area contributed by atoms with Crippen molar-refractivity contribution in [3.8, 4) is 0 Å². The number of rotatable bonds is 5. The molecular formula is C15H21FN2OS. The van der Waals surface area contributed by atoms with Gasteiger partial charge < -0.3 is 10.6 Å². The first-order valence-electron chi connectivity index (χ1n) is 6.99. The summed E-state index contributed by atoms with van der Waals surface area (Å²) in [5.41, 5.74) is 0.970. The van der Waals surface area contributed by atoms with Crippen LogP contribution in [0.1, 0.15) is 31.9 Å². The molecule has 110 valence electrons. The van der Waals surface area contributed by atoms with Gasteiger partial charge in [0.15, 0.2) is 0 Å². The van der Waals surface area contributed by atoms with Crippen LogP contribution in [0.3, 0.4) is 0 Å². The summed E-state index contributed by atoms with van der Waals surface area (Å²) in [6.07, 6.45) is 0.915. The van der Waals surface area contributed by atoms with Gasteiger partial charge in [-0.05, 0) is 29.7 Å². The number of hydrogen-bond acceptors (Lipinski definition) is 3. The summed E-state index contributed by atoms with van der Waals surface area (Å²) in [4.78, 5) is 12.4. The minimum absolute atomic E-state index is 0.00474. The van der Waals surface area contributed by atoms with E-state index in [-0.39, 0.29) is 24.3 Å². The normalized spacial score (nSPS) is 17.9. The molecule has 0 aliphatic carbocycles. The molecule has 20 heavy (non-hydrogen) atoms. The number of fused-ring (bicyclic) bond motifs is 1. The average Bonchev–Trinajstić information content (AvgIpc) is 2.43. The third-order valence-corrected chi connectivity index (χ3v) is 4.40. The molecular weight excluding hydrogens is 275 g/mol. The van der Waals surface area contributed by atoms with Gasteiger partial charge in [-0.1, -0.05) is 26.0 Å². The summed E-state index contributed by atoms with van der Waals surface area (Å²) in [5, 5.41) is 6.11. The zero-order valence-electron chi connectivity index (χ0n) is 11.9. The molecule has 3 nitrogen and oxygen atoms in total. The first-order valence-corrected chi connectivity index (χ1v) is 7.97. The van der Waals surface area contributed by atoms with Crippen molar-refractivity contribution < 1.29 is 9.18 Å². The SMILES string of the molecule is CC(C)CNC(=O)CNC1CCSc2c(F)cccc21. The molecule has 0 radical (unpaired) electrons. The topological polar surface area (TPSA) is 41.1 Å². The molecule has 1 aromatic carbocycles. The van der Waals surface area contributed by atoms with E-state index in [4.69, 9.17) is 0 Å². The van der Waals surface area contributed by atoms with Gasteiger partial charge in [-0.25, -0.2) is 4.39 Å². The summed E-state index contributed by atoms with van der Waals surface area (Å²) in [5.74, 6) is 1.15. The van der Waals surface area contributed by atoms with Crippen LogP contribution in [0.15, 0.2) is 23.1 Å². The van der Waals surface area contributed by atoms with Crippen molar-refractivity contribution in [1.29, 1.82) is 0 Å². The summed E-state index contributed by atoms with van der Waals surface area (Å²) >= 11 is 1.55. The van der Waals surface area contributed by atoms with Crippen molar-refractivity contribution in [1.82, 2.24) is 10.6 Å². The van der Waals surface area contributed by atoms with Crippen molar-refractivity contribution in [3.63, 3.8) is 0 Å². The third-order valence-electron chi connectivity index (χ3n) is 3.24. The van der Waals surface area contributed by atoms with Crippen LogP contribution in [-0.2, 0) is 4.79 Å². The molecule has 0 saturated carbocycles. The monoisotopic (exact) mass is 296 g/mol. The lowest BCUT2D eigenvalue weighted by molar-refractivity contribution is -0.120. The van der Waals surface area contributed by atoms with Crippen LogP contribution in [0, 0.1) is 11.7 Å². The zero-order valence-corrected chi connectivity index (χ0v) is 12.7. The maximum Gasteiger partial charge on any atom is 0.233 e. The molecule has 1 aliphatic heterocycles. The standard InChI is InChI=1S/C15H21FN2OS/c1-10(2)8-18-14(19)9-17-13-6-7-20-15-11(13)4-3-5-12(15)16/h3-5,10,13,17H,6-9H2,1-2H3,(H,18,19). The predicted octanol–water partition coefficient (Wildman–Crippen LogP) is 2.72. The minimum Gasteiger partial charge on any atom is -0.355 e. The molecule has 2 rings (SSSR count). The van der Waals surface area contributed by atoms with E-state index in [2.05, 4.69) is 24.5 Å². The van der Waals surface area contributed by atoms with E-state index in [0.29, 0.717) is 12.5 Å². The van der Waals surface area contributed by atoms with E-state index >= 15 is 0 Å². The van der Waals surface area contributed by atoms with E-state index in [9.17, 15) is 9.18 Å². The second-order valence-electron chi connectivity index (χ2n) is 5.43. The fourth-order valence-electron chi connectivity index (χ4n) is 2.19. The third kappa shape index (κ3) is 3.96. The minimum atomic E-state index is -0.164. The van der Waals surface area contributed by atoms with Crippen LogP contribution in [0.25, 0.3) is 0 Å². The van der Waals surface area contributed by atoms with E-state index in [1.165, 1.54) is 6.07 Å². The Balaban J connectivity index is 1.92. The Kier molecular flexibility index (Phi) is 5.43. The van der Waals surface area contributed by atoms with Crippen molar-refractivity contribution >= 4 is 17.7 Å². The molecule has 1 heterocycles. The fourth-order valence-corrected chi connectivity index (χ4v) is 3.34. The number of benzene rings is 1. The predicted molar refractivity (Wildman–Crippen MR) is 80.3 cm³/mol. The maximum absolute atomic E-state index is 13.7. The highest BCUT2D eigenvalue weighted by atomic mass is 32.2. The van der Waals surface area contributed by atoms with E-state index < -0.39 is 0 Å². The quantitative estimate of drug-likeness (QED) is 0.878. The number of thioether (sulfide) groups is 1. The van der Waals surface area contributed by atoms with E-state index in [1.807, 2.05) is 6.07 Å². The highest BCUT2D eigenvalue weighted by Gasteiger charge is 2.23. The first-order chi connectivity index (χ1) is 9.58. The highest BCUT2D eigenvalue weighted by Crippen LogP contribution is 2.37. The molecule has 0 saturated heterocycles. The summed E-state index contributed by atoms with van der Waals surface area (Å²) < 4.78 is 13.7. The molecule has 0 bridgehead atoms. The van der Waals surface area contributed by atoms with Gasteiger partial charge >= 0.3 is 0 Å². The summed E-state index contributed by atoms with van der Waals surface area (Å²) in [6.45, 7) is 5.08. The largest absolute Gasteiger partial charge is 0.355 e. The van der Waals surface area contributed by atoms with Gasteiger partial charge in [0.1, 0.15) is 5.82 Å². The lowest BCUT2D eigenvalue weighted by atomic mass is 10.0. The van der Waals surface area contributed by atoms with Crippen LogP contribution in [0.4, 0.5) is 4.39 Å². The molecule has 1 atom stereocenters. The fraction of sp³-hybridized carbons (Fsp3) is 0.533. The molecule has 2 N–H and O–H groups in total. The number of halogens is 1. The Morgan fingerprint density at radius 2 is 2.30 bits per heavy atom. The number of amides is 1. The van der Waals surface area contributed by atoms with Gasteiger partial charge in [0.25, 0.3) is 0 Å². The van der Waals surface area contributed by atoms with E-state index in [0.717, 1.165) is 22.6 Å². The maximum atomic E-state index is 13.7. The van der Waals surface area contributed by atoms with Crippen molar-refractivity contribution in [3.05, 3.63) is 29.6 Å². The van der Waals surface area contributed by atoms with Crippen LogP contribution < -0.4 is 10.6 Å². The van der Waals surface area contributed by atoms with Crippen molar-refractivity contribution in [2.45, 2.75) is 31.2 Å². The van der Waals surface area contributed by atoms with Crippen LogP contribution in [-0.4, -0.2) is 24.7 Å². The number of carbonyl (C=O) groups excluding carboxylic acids is 1. The van der Waals surface area contributed by atoms with Gasteiger partial charge in [0.2, 0.25) is 5.91 Å². The second kappa shape index (κ2) is 7.09. The molecule has 0 spiro atoms. The van der Waals surface area contributed by atoms with Crippen molar-refractivity contribution in [2.24, 2.45) is 5.92 Å². The lowest BCUT2D eigenvalue weighted by Gasteiger charge is -2.26.